The van der Waals surface area contributed by atoms with Crippen LogP contribution in [0.2, 0.25) is 0 Å². The van der Waals surface area contributed by atoms with Crippen molar-refractivity contribution in [2.75, 3.05) is 5.75 Å². The van der Waals surface area contributed by atoms with Crippen molar-refractivity contribution in [3.63, 3.8) is 0 Å². The predicted molar refractivity (Wildman–Crippen MR) is 40.2 cm³/mol. The van der Waals surface area contributed by atoms with Gasteiger partial charge >= 0.3 is 0 Å². The summed E-state index contributed by atoms with van der Waals surface area (Å²) in [5.74, 6) is 2.11. The molecule has 0 aromatic rings. The first-order chi connectivity index (χ1) is 3.79. The Labute approximate surface area is 55.4 Å². The molecule has 1 aliphatic heterocycles. The van der Waals surface area contributed by atoms with Crippen LogP contribution in [0.15, 0.2) is 12.2 Å². The maximum atomic E-state index is 2.31. The van der Waals surface area contributed by atoms with Gasteiger partial charge in [-0.15, -0.1) is 0 Å². The van der Waals surface area contributed by atoms with Crippen molar-refractivity contribution < 1.29 is 0 Å². The molecule has 8 heavy (non-hydrogen) atoms. The van der Waals surface area contributed by atoms with Gasteiger partial charge in [-0.2, -0.15) is 11.8 Å². The van der Waals surface area contributed by atoms with E-state index in [2.05, 4.69) is 26.0 Å². The highest BCUT2D eigenvalue weighted by molar-refractivity contribution is 8.00. The van der Waals surface area contributed by atoms with Crippen molar-refractivity contribution in [2.24, 2.45) is 5.92 Å². The van der Waals surface area contributed by atoms with E-state index in [-0.39, 0.29) is 0 Å². The summed E-state index contributed by atoms with van der Waals surface area (Å²) < 4.78 is 0. The minimum atomic E-state index is 0.756. The number of hydrogen-bond donors (Lipinski definition) is 0. The lowest BCUT2D eigenvalue weighted by molar-refractivity contribution is 0.828. The third-order valence-electron chi connectivity index (χ3n) is 1.33. The molecule has 0 aromatic carbocycles. The first-order valence-electron chi connectivity index (χ1n) is 3.09. The van der Waals surface area contributed by atoms with E-state index in [9.17, 15) is 0 Å². The minimum absolute atomic E-state index is 0.756. The molecule has 46 valence electrons. The number of rotatable bonds is 0. The Balaban J connectivity index is 2.42. The van der Waals surface area contributed by atoms with E-state index in [0.29, 0.717) is 0 Å². The SMILES string of the molecule is CC1C=CC(C)SC1. The lowest BCUT2D eigenvalue weighted by atomic mass is 10.2. The third-order valence-corrected chi connectivity index (χ3v) is 2.73. The van der Waals surface area contributed by atoms with Crippen molar-refractivity contribution in [3.8, 4) is 0 Å². The quantitative estimate of drug-likeness (QED) is 0.451. The fraction of sp³-hybridized carbons (Fsp3) is 0.714. The summed E-state index contributed by atoms with van der Waals surface area (Å²) >= 11 is 2.04. The monoisotopic (exact) mass is 128 g/mol. The first-order valence-corrected chi connectivity index (χ1v) is 4.14. The highest BCUT2D eigenvalue weighted by Crippen LogP contribution is 2.21. The van der Waals surface area contributed by atoms with Gasteiger partial charge in [-0.25, -0.2) is 0 Å². The van der Waals surface area contributed by atoms with Crippen molar-refractivity contribution >= 4 is 11.8 Å². The molecule has 0 fully saturated rings. The minimum Gasteiger partial charge on any atom is -0.154 e. The van der Waals surface area contributed by atoms with E-state index in [4.69, 9.17) is 0 Å². The van der Waals surface area contributed by atoms with Gasteiger partial charge in [-0.05, 0) is 18.6 Å². The smallest absolute Gasteiger partial charge is 0.0199 e. The lowest BCUT2D eigenvalue weighted by Crippen LogP contribution is -2.05. The molecule has 0 saturated carbocycles. The molecule has 0 bridgehead atoms. The van der Waals surface area contributed by atoms with E-state index in [1.165, 1.54) is 5.75 Å². The molecule has 0 aliphatic carbocycles. The Morgan fingerprint density at radius 1 is 1.38 bits per heavy atom. The third kappa shape index (κ3) is 1.55. The van der Waals surface area contributed by atoms with Crippen LogP contribution in [0.25, 0.3) is 0 Å². The fourth-order valence-electron chi connectivity index (χ4n) is 0.761. The van der Waals surface area contributed by atoms with Crippen molar-refractivity contribution in [1.29, 1.82) is 0 Å². The summed E-state index contributed by atoms with van der Waals surface area (Å²) in [5, 5.41) is 0.756. The molecule has 0 nitrogen and oxygen atoms in total. The van der Waals surface area contributed by atoms with Crippen LogP contribution in [0, 0.1) is 5.92 Å². The van der Waals surface area contributed by atoms with E-state index in [1.807, 2.05) is 11.8 Å². The van der Waals surface area contributed by atoms with Crippen LogP contribution in [0.3, 0.4) is 0 Å². The predicted octanol–water partition coefficient (Wildman–Crippen LogP) is 2.31. The van der Waals surface area contributed by atoms with Crippen molar-refractivity contribution in [1.82, 2.24) is 0 Å². The zero-order chi connectivity index (χ0) is 5.98. The Morgan fingerprint density at radius 2 is 2.12 bits per heavy atom. The second kappa shape index (κ2) is 2.58. The molecule has 0 N–H and O–H groups in total. The summed E-state index contributed by atoms with van der Waals surface area (Å²) in [5.41, 5.74) is 0. The summed E-state index contributed by atoms with van der Waals surface area (Å²) in [7, 11) is 0. The second-order valence-electron chi connectivity index (χ2n) is 2.40. The zero-order valence-corrected chi connectivity index (χ0v) is 6.24. The van der Waals surface area contributed by atoms with Crippen LogP contribution in [0.1, 0.15) is 13.8 Å². The summed E-state index contributed by atoms with van der Waals surface area (Å²) in [6.45, 7) is 4.50. The molecule has 0 saturated heterocycles. The molecule has 1 heteroatoms. The van der Waals surface area contributed by atoms with Gasteiger partial charge in [0.15, 0.2) is 0 Å². The van der Waals surface area contributed by atoms with Gasteiger partial charge in [0.2, 0.25) is 0 Å². The number of hydrogen-bond acceptors (Lipinski definition) is 1. The average molecular weight is 128 g/mol. The highest BCUT2D eigenvalue weighted by atomic mass is 32.2. The largest absolute Gasteiger partial charge is 0.154 e. The van der Waals surface area contributed by atoms with Crippen LogP contribution >= 0.6 is 11.8 Å². The van der Waals surface area contributed by atoms with Gasteiger partial charge in [0.1, 0.15) is 0 Å². The van der Waals surface area contributed by atoms with Crippen molar-refractivity contribution in [2.45, 2.75) is 19.1 Å². The van der Waals surface area contributed by atoms with Gasteiger partial charge in [-0.3, -0.25) is 0 Å². The normalized spacial score (nSPS) is 37.8. The standard InChI is InChI=1S/C7H12S/c1-6-3-4-7(2)8-5-6/h3-4,6-7H,5H2,1-2H3. The average Bonchev–Trinajstić information content (AvgIpc) is 1.77. The fourth-order valence-corrected chi connectivity index (χ4v) is 1.68. The van der Waals surface area contributed by atoms with E-state index in [1.54, 1.807) is 0 Å². The molecule has 0 spiro atoms. The van der Waals surface area contributed by atoms with Crippen LogP contribution < -0.4 is 0 Å². The molecule has 1 rings (SSSR count). The Hall–Kier alpha value is 0.0900. The van der Waals surface area contributed by atoms with E-state index >= 15 is 0 Å². The van der Waals surface area contributed by atoms with Crippen LogP contribution in [-0.4, -0.2) is 11.0 Å². The Kier molecular flexibility index (Phi) is 2.01. The van der Waals surface area contributed by atoms with Gasteiger partial charge in [0, 0.05) is 5.25 Å². The molecular formula is C7H12S. The number of thioether (sulfide) groups is 1. The molecule has 1 heterocycles. The molecule has 1 aliphatic rings. The summed E-state index contributed by atoms with van der Waals surface area (Å²) in [4.78, 5) is 0. The molecule has 0 aromatic heterocycles. The van der Waals surface area contributed by atoms with E-state index < -0.39 is 0 Å². The zero-order valence-electron chi connectivity index (χ0n) is 5.42. The number of allylic oxidation sites excluding steroid dienone is 1. The van der Waals surface area contributed by atoms with Crippen LogP contribution in [0.5, 0.6) is 0 Å². The molecule has 0 amide bonds. The van der Waals surface area contributed by atoms with Crippen LogP contribution in [-0.2, 0) is 0 Å². The maximum absolute atomic E-state index is 2.31. The molecular weight excluding hydrogens is 116 g/mol. The maximum Gasteiger partial charge on any atom is 0.0199 e. The van der Waals surface area contributed by atoms with Crippen LogP contribution in [0.4, 0.5) is 0 Å². The molecule has 0 radical (unpaired) electrons. The van der Waals surface area contributed by atoms with Gasteiger partial charge in [0.25, 0.3) is 0 Å². The molecule has 2 unspecified atom stereocenters. The lowest BCUT2D eigenvalue weighted by Gasteiger charge is -2.15. The summed E-state index contributed by atoms with van der Waals surface area (Å²) in [6.07, 6.45) is 4.60. The van der Waals surface area contributed by atoms with Gasteiger partial charge in [0.05, 0.1) is 0 Å². The summed E-state index contributed by atoms with van der Waals surface area (Å²) in [6, 6.07) is 0. The first kappa shape index (κ1) is 6.21. The topological polar surface area (TPSA) is 0 Å². The van der Waals surface area contributed by atoms with Gasteiger partial charge in [-0.1, -0.05) is 19.1 Å². The van der Waals surface area contributed by atoms with E-state index in [0.717, 1.165) is 11.2 Å². The Morgan fingerprint density at radius 3 is 2.50 bits per heavy atom. The highest BCUT2D eigenvalue weighted by Gasteiger charge is 2.06. The van der Waals surface area contributed by atoms with Crippen molar-refractivity contribution in [3.05, 3.63) is 12.2 Å². The molecule has 2 atom stereocenters. The van der Waals surface area contributed by atoms with Gasteiger partial charge < -0.3 is 0 Å². The second-order valence-corrected chi connectivity index (χ2v) is 3.81. The Bertz CT molecular complexity index is 84.6.